The van der Waals surface area contributed by atoms with Crippen LogP contribution in [0.25, 0.3) is 0 Å². The fraction of sp³-hybridized carbons (Fsp3) is 0.533. The summed E-state index contributed by atoms with van der Waals surface area (Å²) in [5, 5.41) is 6.24. The van der Waals surface area contributed by atoms with Crippen molar-refractivity contribution in [3.05, 3.63) is 28.8 Å². The molecule has 0 saturated heterocycles. The molecule has 1 fully saturated rings. The number of hydrogen-bond donors (Lipinski definition) is 2. The zero-order valence-electron chi connectivity index (χ0n) is 12.4. The van der Waals surface area contributed by atoms with Gasteiger partial charge in [-0.3, -0.25) is 0 Å². The van der Waals surface area contributed by atoms with Gasteiger partial charge in [-0.25, -0.2) is 4.79 Å². The van der Waals surface area contributed by atoms with Crippen molar-refractivity contribution in [1.82, 2.24) is 5.32 Å². The van der Waals surface area contributed by atoms with Gasteiger partial charge in [0.15, 0.2) is 0 Å². The molecule has 1 aromatic rings. The zero-order valence-corrected chi connectivity index (χ0v) is 13.1. The van der Waals surface area contributed by atoms with Gasteiger partial charge in [0.05, 0.1) is 12.2 Å². The fourth-order valence-electron chi connectivity index (χ4n) is 2.40. The molecular formula is C15H21ClN2O3. The number of anilines is 1. The highest BCUT2D eigenvalue weighted by atomic mass is 35.5. The molecule has 21 heavy (non-hydrogen) atoms. The van der Waals surface area contributed by atoms with Crippen molar-refractivity contribution in [1.29, 1.82) is 0 Å². The van der Waals surface area contributed by atoms with E-state index in [9.17, 15) is 4.79 Å². The first kappa shape index (κ1) is 16.1. The highest BCUT2D eigenvalue weighted by Crippen LogP contribution is 2.34. The number of amides is 2. The topological polar surface area (TPSA) is 59.6 Å². The Morgan fingerprint density at radius 1 is 1.38 bits per heavy atom. The smallest absolute Gasteiger partial charge is 0.319 e. The summed E-state index contributed by atoms with van der Waals surface area (Å²) in [5.41, 5.74) is 1.23. The fourth-order valence-corrected chi connectivity index (χ4v) is 2.63. The minimum atomic E-state index is -0.266. The van der Waals surface area contributed by atoms with Crippen LogP contribution in [0, 0.1) is 0 Å². The van der Waals surface area contributed by atoms with Crippen LogP contribution in [0.5, 0.6) is 0 Å². The molecule has 2 N–H and O–H groups in total. The summed E-state index contributed by atoms with van der Waals surface area (Å²) in [5.74, 6) is 0. The molecule has 1 aliphatic carbocycles. The van der Waals surface area contributed by atoms with E-state index in [0.29, 0.717) is 23.9 Å². The van der Waals surface area contributed by atoms with Gasteiger partial charge in [-0.05, 0) is 31.4 Å². The Balaban J connectivity index is 1.95. The number of carbonyl (C=O) groups is 1. The number of carbonyl (C=O) groups excluding carboxylic acids is 1. The number of rotatable bonds is 6. The molecular weight excluding hydrogens is 292 g/mol. The minimum Gasteiger partial charge on any atom is -0.380 e. The molecule has 1 saturated carbocycles. The van der Waals surface area contributed by atoms with E-state index < -0.39 is 0 Å². The van der Waals surface area contributed by atoms with Gasteiger partial charge < -0.3 is 20.1 Å². The number of nitrogens with one attached hydrogen (secondary N) is 2. The maximum absolute atomic E-state index is 12.0. The average molecular weight is 313 g/mol. The van der Waals surface area contributed by atoms with Crippen LogP contribution in [-0.4, -0.2) is 32.4 Å². The Morgan fingerprint density at radius 2 is 2.14 bits per heavy atom. The molecule has 0 aromatic heterocycles. The second kappa shape index (κ2) is 7.11. The molecule has 116 valence electrons. The van der Waals surface area contributed by atoms with Crippen LogP contribution in [0.3, 0.4) is 0 Å². The van der Waals surface area contributed by atoms with Crippen LogP contribution in [0.4, 0.5) is 10.5 Å². The Labute approximate surface area is 130 Å². The molecule has 0 heterocycles. The summed E-state index contributed by atoms with van der Waals surface area (Å²) in [6.07, 6.45) is 3.11. The zero-order chi connectivity index (χ0) is 15.3. The molecule has 0 atom stereocenters. The molecule has 0 radical (unpaired) electrons. The third-order valence-electron chi connectivity index (χ3n) is 3.92. The summed E-state index contributed by atoms with van der Waals surface area (Å²) in [6.45, 7) is 0.854. The van der Waals surface area contributed by atoms with Crippen LogP contribution in [-0.2, 0) is 16.1 Å². The summed E-state index contributed by atoms with van der Waals surface area (Å²) >= 11 is 6.12. The van der Waals surface area contributed by atoms with Crippen LogP contribution in [0.2, 0.25) is 5.02 Å². The SMILES string of the molecule is COCc1c(Cl)cccc1NC(=O)NCC1(OC)CCC1. The van der Waals surface area contributed by atoms with Crippen molar-refractivity contribution in [2.75, 3.05) is 26.1 Å². The predicted octanol–water partition coefficient (Wildman–Crippen LogP) is 3.18. The van der Waals surface area contributed by atoms with E-state index in [2.05, 4.69) is 10.6 Å². The predicted molar refractivity (Wildman–Crippen MR) is 82.8 cm³/mol. The number of ether oxygens (including phenoxy) is 2. The number of benzene rings is 1. The molecule has 6 heteroatoms. The lowest BCUT2D eigenvalue weighted by Crippen LogP contribution is -2.50. The normalized spacial score (nSPS) is 16.1. The van der Waals surface area contributed by atoms with Crippen LogP contribution in [0.15, 0.2) is 18.2 Å². The van der Waals surface area contributed by atoms with E-state index in [0.717, 1.165) is 24.8 Å². The van der Waals surface area contributed by atoms with Gasteiger partial charge in [0.2, 0.25) is 0 Å². The average Bonchev–Trinajstić information content (AvgIpc) is 2.42. The van der Waals surface area contributed by atoms with Crippen molar-refractivity contribution < 1.29 is 14.3 Å². The van der Waals surface area contributed by atoms with Gasteiger partial charge in [0.1, 0.15) is 0 Å². The summed E-state index contributed by atoms with van der Waals surface area (Å²) < 4.78 is 10.6. The molecule has 0 unspecified atom stereocenters. The van der Waals surface area contributed by atoms with Gasteiger partial charge in [0.25, 0.3) is 0 Å². The lowest BCUT2D eigenvalue weighted by molar-refractivity contribution is -0.0671. The van der Waals surface area contributed by atoms with Crippen molar-refractivity contribution in [2.45, 2.75) is 31.5 Å². The van der Waals surface area contributed by atoms with E-state index in [4.69, 9.17) is 21.1 Å². The van der Waals surface area contributed by atoms with E-state index in [1.165, 1.54) is 0 Å². The molecule has 1 aliphatic rings. The van der Waals surface area contributed by atoms with Crippen molar-refractivity contribution >= 4 is 23.3 Å². The van der Waals surface area contributed by atoms with E-state index in [1.54, 1.807) is 32.4 Å². The van der Waals surface area contributed by atoms with Gasteiger partial charge in [0, 0.05) is 37.0 Å². The van der Waals surface area contributed by atoms with Crippen molar-refractivity contribution in [2.24, 2.45) is 0 Å². The first-order chi connectivity index (χ1) is 10.1. The second-order valence-corrected chi connectivity index (χ2v) is 5.65. The quantitative estimate of drug-likeness (QED) is 0.848. The molecule has 2 rings (SSSR count). The largest absolute Gasteiger partial charge is 0.380 e. The second-order valence-electron chi connectivity index (χ2n) is 5.25. The van der Waals surface area contributed by atoms with E-state index in [1.807, 2.05) is 0 Å². The highest BCUT2D eigenvalue weighted by molar-refractivity contribution is 6.31. The minimum absolute atomic E-state index is 0.193. The van der Waals surface area contributed by atoms with Gasteiger partial charge >= 0.3 is 6.03 Å². The Bertz CT molecular complexity index is 498. The Kier molecular flexibility index (Phi) is 5.45. The van der Waals surface area contributed by atoms with Crippen LogP contribution < -0.4 is 10.6 Å². The van der Waals surface area contributed by atoms with Crippen LogP contribution in [0.1, 0.15) is 24.8 Å². The van der Waals surface area contributed by atoms with Gasteiger partial charge in [-0.2, -0.15) is 0 Å². The molecule has 0 bridgehead atoms. The lowest BCUT2D eigenvalue weighted by Gasteiger charge is -2.40. The Morgan fingerprint density at radius 3 is 2.71 bits per heavy atom. The van der Waals surface area contributed by atoms with Crippen LogP contribution >= 0.6 is 11.6 Å². The third kappa shape index (κ3) is 3.87. The molecule has 2 amide bonds. The monoisotopic (exact) mass is 312 g/mol. The van der Waals surface area contributed by atoms with Crippen molar-refractivity contribution in [3.8, 4) is 0 Å². The summed E-state index contributed by atoms with van der Waals surface area (Å²) in [6, 6.07) is 5.10. The molecule has 0 aliphatic heterocycles. The third-order valence-corrected chi connectivity index (χ3v) is 4.28. The van der Waals surface area contributed by atoms with E-state index >= 15 is 0 Å². The molecule has 0 spiro atoms. The summed E-state index contributed by atoms with van der Waals surface area (Å²) in [4.78, 5) is 12.0. The number of urea groups is 1. The molecule has 1 aromatic carbocycles. The maximum Gasteiger partial charge on any atom is 0.319 e. The number of halogens is 1. The number of hydrogen-bond acceptors (Lipinski definition) is 3. The first-order valence-electron chi connectivity index (χ1n) is 6.96. The maximum atomic E-state index is 12.0. The number of methoxy groups -OCH3 is 2. The standard InChI is InChI=1S/C15H21ClN2O3/c1-20-9-11-12(16)5-3-6-13(11)18-14(19)17-10-15(21-2)7-4-8-15/h3,5-6H,4,7-10H2,1-2H3,(H2,17,18,19). The van der Waals surface area contributed by atoms with Crippen molar-refractivity contribution in [3.63, 3.8) is 0 Å². The van der Waals surface area contributed by atoms with Gasteiger partial charge in [-0.1, -0.05) is 17.7 Å². The summed E-state index contributed by atoms with van der Waals surface area (Å²) in [7, 11) is 3.28. The highest BCUT2D eigenvalue weighted by Gasteiger charge is 2.37. The van der Waals surface area contributed by atoms with Gasteiger partial charge in [-0.15, -0.1) is 0 Å². The first-order valence-corrected chi connectivity index (χ1v) is 7.34. The molecule has 5 nitrogen and oxygen atoms in total. The lowest BCUT2D eigenvalue weighted by atomic mass is 9.80. The Hall–Kier alpha value is -1.30. The van der Waals surface area contributed by atoms with E-state index in [-0.39, 0.29) is 11.6 Å².